The van der Waals surface area contributed by atoms with Crippen LogP contribution >= 0.6 is 0 Å². The molecule has 8 heteroatoms. The number of nitrogens with two attached hydrogens (primary N) is 3. The van der Waals surface area contributed by atoms with Gasteiger partial charge in [-0.05, 0) is 19.4 Å². The number of carbonyl (C=O) groups excluding carboxylic acids is 1. The van der Waals surface area contributed by atoms with Crippen LogP contribution in [0, 0.1) is 5.92 Å². The zero-order valence-corrected chi connectivity index (χ0v) is 10.9. The van der Waals surface area contributed by atoms with Crippen molar-refractivity contribution in [1.29, 1.82) is 0 Å². The van der Waals surface area contributed by atoms with Crippen molar-refractivity contribution in [1.82, 2.24) is 0 Å². The summed E-state index contributed by atoms with van der Waals surface area (Å²) < 4.78 is 0. The highest BCUT2D eigenvalue weighted by molar-refractivity contribution is 5.99. The number of rotatable bonds is 9. The molecule has 8 N–H and O–H groups in total. The molecule has 1 unspecified atom stereocenters. The second-order valence-corrected chi connectivity index (χ2v) is 3.78. The van der Waals surface area contributed by atoms with Gasteiger partial charge in [0.25, 0.3) is 0 Å². The van der Waals surface area contributed by atoms with Crippen LogP contribution in [-0.2, 0) is 14.4 Å². The fourth-order valence-electron chi connectivity index (χ4n) is 1.18. The highest BCUT2D eigenvalue weighted by atomic mass is 16.4. The third-order valence-electron chi connectivity index (χ3n) is 2.19. The zero-order valence-electron chi connectivity index (χ0n) is 10.9. The molecule has 0 bridgehead atoms. The van der Waals surface area contributed by atoms with Crippen molar-refractivity contribution in [2.24, 2.45) is 23.1 Å². The molecule has 0 heterocycles. The van der Waals surface area contributed by atoms with Crippen LogP contribution in [0.25, 0.3) is 0 Å². The van der Waals surface area contributed by atoms with Gasteiger partial charge in [0.2, 0.25) is 0 Å². The van der Waals surface area contributed by atoms with Gasteiger partial charge < -0.3 is 27.4 Å². The minimum atomic E-state index is -1.09. The number of carbonyl (C=O) groups is 3. The lowest BCUT2D eigenvalue weighted by atomic mass is 9.97. The molecule has 0 rings (SSSR count). The standard InChI is InChI=1S/C8H16N2O3.C3H7NO2/c9-4-2-1-3-6(8(12)13)7(11)5-10;4-2-1-3(5)6/h6H,1-5,9-10H2,(H,12,13);1-2,4H2,(H,5,6). The average Bonchev–Trinajstić information content (AvgIpc) is 2.34. The van der Waals surface area contributed by atoms with Crippen LogP contribution < -0.4 is 17.2 Å². The van der Waals surface area contributed by atoms with Gasteiger partial charge in [-0.3, -0.25) is 14.4 Å². The van der Waals surface area contributed by atoms with Crippen LogP contribution in [0.4, 0.5) is 0 Å². The first-order valence-electron chi connectivity index (χ1n) is 5.98. The SMILES string of the molecule is NCCC(=O)O.NCCCCC(C(=O)O)C(=O)CN. The second-order valence-electron chi connectivity index (χ2n) is 3.78. The molecular weight excluding hydrogens is 254 g/mol. The predicted molar refractivity (Wildman–Crippen MR) is 69.4 cm³/mol. The summed E-state index contributed by atoms with van der Waals surface area (Å²) in [6.07, 6.45) is 1.80. The Morgan fingerprint density at radius 2 is 1.53 bits per heavy atom. The molecule has 0 aliphatic carbocycles. The van der Waals surface area contributed by atoms with Gasteiger partial charge in [-0.2, -0.15) is 0 Å². The Kier molecular flexibility index (Phi) is 13.5. The fraction of sp³-hybridized carbons (Fsp3) is 0.727. The normalized spacial score (nSPS) is 11.1. The summed E-state index contributed by atoms with van der Waals surface area (Å²) in [6, 6.07) is 0. The molecule has 0 aliphatic heterocycles. The first-order valence-corrected chi connectivity index (χ1v) is 5.98. The van der Waals surface area contributed by atoms with Crippen molar-refractivity contribution in [3.63, 3.8) is 0 Å². The number of Topliss-reactive ketones (excluding diaryl/α,β-unsaturated/α-hetero) is 1. The maximum absolute atomic E-state index is 11.0. The number of carboxylic acid groups (broad SMARTS) is 2. The van der Waals surface area contributed by atoms with E-state index in [-0.39, 0.29) is 19.5 Å². The van der Waals surface area contributed by atoms with Crippen molar-refractivity contribution >= 4 is 17.7 Å². The Bertz CT molecular complexity index is 284. The number of carboxylic acids is 2. The third-order valence-corrected chi connectivity index (χ3v) is 2.19. The van der Waals surface area contributed by atoms with Gasteiger partial charge >= 0.3 is 11.9 Å². The van der Waals surface area contributed by atoms with Crippen LogP contribution in [0.15, 0.2) is 0 Å². The largest absolute Gasteiger partial charge is 0.481 e. The van der Waals surface area contributed by atoms with E-state index in [1.54, 1.807) is 0 Å². The van der Waals surface area contributed by atoms with E-state index in [2.05, 4.69) is 0 Å². The maximum atomic E-state index is 11.0. The van der Waals surface area contributed by atoms with Crippen LogP contribution in [0.1, 0.15) is 25.7 Å². The molecular formula is C11H23N3O5. The van der Waals surface area contributed by atoms with E-state index in [4.69, 9.17) is 27.4 Å². The number of aliphatic carboxylic acids is 2. The molecule has 0 amide bonds. The average molecular weight is 277 g/mol. The topological polar surface area (TPSA) is 170 Å². The monoisotopic (exact) mass is 277 g/mol. The Labute approximate surface area is 111 Å². The van der Waals surface area contributed by atoms with E-state index in [0.29, 0.717) is 19.4 Å². The van der Waals surface area contributed by atoms with Crippen molar-refractivity contribution in [2.45, 2.75) is 25.7 Å². The molecule has 0 fully saturated rings. The van der Waals surface area contributed by atoms with E-state index in [1.807, 2.05) is 0 Å². The summed E-state index contributed by atoms with van der Waals surface area (Å²) in [7, 11) is 0. The Morgan fingerprint density at radius 1 is 0.947 bits per heavy atom. The molecule has 0 aliphatic rings. The minimum absolute atomic E-state index is 0.0694. The van der Waals surface area contributed by atoms with Gasteiger partial charge in [-0.15, -0.1) is 0 Å². The molecule has 0 aromatic heterocycles. The Hall–Kier alpha value is -1.51. The van der Waals surface area contributed by atoms with E-state index < -0.39 is 23.6 Å². The van der Waals surface area contributed by atoms with Crippen molar-refractivity contribution in [2.75, 3.05) is 19.6 Å². The predicted octanol–water partition coefficient (Wildman–Crippen LogP) is -1.24. The van der Waals surface area contributed by atoms with E-state index in [9.17, 15) is 14.4 Å². The number of hydrogen-bond donors (Lipinski definition) is 5. The van der Waals surface area contributed by atoms with Gasteiger partial charge in [0.05, 0.1) is 13.0 Å². The number of ketones is 1. The number of unbranched alkanes of at least 4 members (excludes halogenated alkanes) is 1. The van der Waals surface area contributed by atoms with Gasteiger partial charge in [0.1, 0.15) is 5.92 Å². The molecule has 0 saturated carbocycles. The smallest absolute Gasteiger partial charge is 0.314 e. The first-order chi connectivity index (χ1) is 8.90. The summed E-state index contributed by atoms with van der Waals surface area (Å²) in [5, 5.41) is 16.5. The van der Waals surface area contributed by atoms with Crippen LogP contribution in [0.2, 0.25) is 0 Å². The molecule has 0 spiro atoms. The first kappa shape index (κ1) is 19.8. The quantitative estimate of drug-likeness (QED) is 0.257. The van der Waals surface area contributed by atoms with Crippen LogP contribution in [-0.4, -0.2) is 47.6 Å². The summed E-state index contributed by atoms with van der Waals surface area (Å²) in [6.45, 7) is 0.540. The zero-order chi connectivity index (χ0) is 15.3. The molecule has 19 heavy (non-hydrogen) atoms. The van der Waals surface area contributed by atoms with Crippen LogP contribution in [0.5, 0.6) is 0 Å². The highest BCUT2D eigenvalue weighted by Gasteiger charge is 2.23. The van der Waals surface area contributed by atoms with E-state index >= 15 is 0 Å². The lowest BCUT2D eigenvalue weighted by Crippen LogP contribution is -2.29. The van der Waals surface area contributed by atoms with E-state index in [0.717, 1.165) is 6.42 Å². The molecule has 0 radical (unpaired) electrons. The van der Waals surface area contributed by atoms with Gasteiger partial charge in [0.15, 0.2) is 5.78 Å². The van der Waals surface area contributed by atoms with Crippen molar-refractivity contribution < 1.29 is 24.6 Å². The molecule has 112 valence electrons. The van der Waals surface area contributed by atoms with Gasteiger partial charge in [0, 0.05) is 6.54 Å². The Morgan fingerprint density at radius 3 is 1.79 bits per heavy atom. The molecule has 8 nitrogen and oxygen atoms in total. The number of hydrogen-bond acceptors (Lipinski definition) is 6. The summed E-state index contributed by atoms with van der Waals surface area (Å²) >= 11 is 0. The van der Waals surface area contributed by atoms with Crippen molar-refractivity contribution in [3.8, 4) is 0 Å². The molecule has 0 aromatic carbocycles. The molecule has 1 atom stereocenters. The summed E-state index contributed by atoms with van der Waals surface area (Å²) in [4.78, 5) is 31.1. The highest BCUT2D eigenvalue weighted by Crippen LogP contribution is 2.09. The van der Waals surface area contributed by atoms with Crippen molar-refractivity contribution in [3.05, 3.63) is 0 Å². The fourth-order valence-corrected chi connectivity index (χ4v) is 1.18. The lowest BCUT2D eigenvalue weighted by molar-refractivity contribution is -0.146. The van der Waals surface area contributed by atoms with E-state index in [1.165, 1.54) is 0 Å². The lowest BCUT2D eigenvalue weighted by Gasteiger charge is -2.08. The Balaban J connectivity index is 0. The second kappa shape index (κ2) is 12.9. The third kappa shape index (κ3) is 12.7. The van der Waals surface area contributed by atoms with Gasteiger partial charge in [-0.1, -0.05) is 6.42 Å². The van der Waals surface area contributed by atoms with Gasteiger partial charge in [-0.25, -0.2) is 0 Å². The summed E-state index contributed by atoms with van der Waals surface area (Å²) in [5.74, 6) is -3.29. The summed E-state index contributed by atoms with van der Waals surface area (Å²) in [5.41, 5.74) is 15.2. The maximum Gasteiger partial charge on any atom is 0.314 e. The molecule has 0 saturated heterocycles. The van der Waals surface area contributed by atoms with Crippen LogP contribution in [0.3, 0.4) is 0 Å². The molecule has 0 aromatic rings. The minimum Gasteiger partial charge on any atom is -0.481 e.